The molecule has 3 N–H and O–H groups in total. The van der Waals surface area contributed by atoms with Gasteiger partial charge in [0, 0.05) is 5.69 Å². The van der Waals surface area contributed by atoms with Crippen LogP contribution in [0.15, 0.2) is 48.5 Å². The first-order chi connectivity index (χ1) is 8.81. The van der Waals surface area contributed by atoms with Gasteiger partial charge in [-0.05, 0) is 42.0 Å². The molecule has 18 heavy (non-hydrogen) atoms. The van der Waals surface area contributed by atoms with Crippen molar-refractivity contribution in [2.75, 3.05) is 12.5 Å². The first-order valence-electron chi connectivity index (χ1n) is 5.64. The van der Waals surface area contributed by atoms with Crippen molar-refractivity contribution in [1.29, 1.82) is 0 Å². The number of hydrogen-bond acceptors (Lipinski definition) is 4. The highest BCUT2D eigenvalue weighted by Gasteiger charge is 1.97. The molecular formula is C14H16N2O2. The molecule has 0 unspecified atom stereocenters. The van der Waals surface area contributed by atoms with Crippen LogP contribution in [-0.2, 0) is 6.61 Å². The maximum absolute atomic E-state index is 5.66. The summed E-state index contributed by atoms with van der Waals surface area (Å²) in [5.74, 6) is 6.94. The lowest BCUT2D eigenvalue weighted by Crippen LogP contribution is -2.06. The summed E-state index contributed by atoms with van der Waals surface area (Å²) in [6, 6.07) is 15.3. The molecule has 0 bridgehead atoms. The Bertz CT molecular complexity index is 433. The lowest BCUT2D eigenvalue weighted by atomic mass is 10.2. The first kappa shape index (κ1) is 12.3. The Morgan fingerprint density at radius 3 is 2.11 bits per heavy atom. The van der Waals surface area contributed by atoms with Crippen molar-refractivity contribution >= 4 is 5.69 Å². The molecule has 0 fully saturated rings. The lowest BCUT2D eigenvalue weighted by molar-refractivity contribution is 0.306. The number of ether oxygens (including phenoxy) is 2. The van der Waals surface area contributed by atoms with E-state index in [0.717, 1.165) is 22.7 Å². The van der Waals surface area contributed by atoms with Crippen LogP contribution in [0.25, 0.3) is 0 Å². The highest BCUT2D eigenvalue weighted by molar-refractivity contribution is 5.45. The average molecular weight is 244 g/mol. The second kappa shape index (κ2) is 5.93. The van der Waals surface area contributed by atoms with Gasteiger partial charge in [-0.25, -0.2) is 0 Å². The summed E-state index contributed by atoms with van der Waals surface area (Å²) < 4.78 is 10.8. The van der Waals surface area contributed by atoms with Crippen molar-refractivity contribution in [3.8, 4) is 11.5 Å². The van der Waals surface area contributed by atoms with Crippen LogP contribution < -0.4 is 20.7 Å². The molecule has 2 aromatic rings. The Hall–Kier alpha value is -2.20. The molecule has 0 saturated heterocycles. The van der Waals surface area contributed by atoms with Crippen LogP contribution in [0.2, 0.25) is 0 Å². The van der Waals surface area contributed by atoms with Gasteiger partial charge in [0.25, 0.3) is 0 Å². The van der Waals surface area contributed by atoms with Crippen LogP contribution >= 0.6 is 0 Å². The Kier molecular flexibility index (Phi) is 4.04. The predicted octanol–water partition coefficient (Wildman–Crippen LogP) is 2.56. The molecule has 0 amide bonds. The van der Waals surface area contributed by atoms with Crippen molar-refractivity contribution < 1.29 is 9.47 Å². The average Bonchev–Trinajstić information content (AvgIpc) is 2.46. The van der Waals surface area contributed by atoms with Crippen molar-refractivity contribution in [2.45, 2.75) is 6.61 Å². The molecule has 0 saturated carbocycles. The van der Waals surface area contributed by atoms with Crippen molar-refractivity contribution in [3.05, 3.63) is 54.1 Å². The largest absolute Gasteiger partial charge is 0.497 e. The maximum Gasteiger partial charge on any atom is 0.119 e. The minimum atomic E-state index is 0.527. The summed E-state index contributed by atoms with van der Waals surface area (Å²) in [6.45, 7) is 0.527. The first-order valence-corrected chi connectivity index (χ1v) is 5.64. The number of methoxy groups -OCH3 is 1. The second-order valence-corrected chi connectivity index (χ2v) is 3.81. The molecule has 94 valence electrons. The third-order valence-electron chi connectivity index (χ3n) is 2.59. The number of hydrazine groups is 1. The van der Waals surface area contributed by atoms with E-state index >= 15 is 0 Å². The molecule has 0 atom stereocenters. The third kappa shape index (κ3) is 3.15. The number of nitrogens with two attached hydrogens (primary N) is 1. The van der Waals surface area contributed by atoms with E-state index in [1.807, 2.05) is 48.5 Å². The van der Waals surface area contributed by atoms with E-state index in [4.69, 9.17) is 15.3 Å². The van der Waals surface area contributed by atoms with Crippen LogP contribution in [0, 0.1) is 0 Å². The van der Waals surface area contributed by atoms with E-state index in [9.17, 15) is 0 Å². The molecule has 0 aromatic heterocycles. The molecule has 0 aliphatic heterocycles. The van der Waals surface area contributed by atoms with Crippen LogP contribution in [0.1, 0.15) is 5.56 Å². The third-order valence-corrected chi connectivity index (χ3v) is 2.59. The summed E-state index contributed by atoms with van der Waals surface area (Å²) in [5.41, 5.74) is 4.52. The Balaban J connectivity index is 1.93. The Labute approximate surface area is 106 Å². The monoisotopic (exact) mass is 244 g/mol. The van der Waals surface area contributed by atoms with E-state index in [1.54, 1.807) is 7.11 Å². The summed E-state index contributed by atoms with van der Waals surface area (Å²) >= 11 is 0. The zero-order chi connectivity index (χ0) is 12.8. The van der Waals surface area contributed by atoms with Gasteiger partial charge in [-0.2, -0.15) is 0 Å². The highest BCUT2D eigenvalue weighted by atomic mass is 16.5. The smallest absolute Gasteiger partial charge is 0.119 e. The fourth-order valence-electron chi connectivity index (χ4n) is 1.54. The molecule has 2 aromatic carbocycles. The number of nitrogens with one attached hydrogen (secondary N) is 1. The van der Waals surface area contributed by atoms with Gasteiger partial charge in [-0.15, -0.1) is 0 Å². The fourth-order valence-corrected chi connectivity index (χ4v) is 1.54. The zero-order valence-electron chi connectivity index (χ0n) is 10.2. The van der Waals surface area contributed by atoms with Crippen molar-refractivity contribution in [1.82, 2.24) is 0 Å². The van der Waals surface area contributed by atoms with Crippen LogP contribution in [0.5, 0.6) is 11.5 Å². The zero-order valence-corrected chi connectivity index (χ0v) is 10.2. The summed E-state index contributed by atoms with van der Waals surface area (Å²) in [5, 5.41) is 0. The SMILES string of the molecule is COc1ccc(COc2ccc(NN)cc2)cc1. The minimum absolute atomic E-state index is 0.527. The normalized spacial score (nSPS) is 9.89. The molecule has 2 rings (SSSR count). The number of nitrogen functional groups attached to an aromatic ring is 1. The van der Waals surface area contributed by atoms with Gasteiger partial charge in [0.05, 0.1) is 7.11 Å². The molecule has 0 heterocycles. The molecule has 4 nitrogen and oxygen atoms in total. The van der Waals surface area contributed by atoms with Crippen molar-refractivity contribution in [2.24, 2.45) is 5.84 Å². The number of rotatable bonds is 5. The van der Waals surface area contributed by atoms with Gasteiger partial charge < -0.3 is 14.9 Å². The van der Waals surface area contributed by atoms with Crippen LogP contribution in [0.4, 0.5) is 5.69 Å². The number of hydrogen-bond donors (Lipinski definition) is 2. The van der Waals surface area contributed by atoms with Crippen molar-refractivity contribution in [3.63, 3.8) is 0 Å². The quantitative estimate of drug-likeness (QED) is 0.627. The summed E-state index contributed by atoms with van der Waals surface area (Å²) in [7, 11) is 1.65. The molecule has 0 radical (unpaired) electrons. The van der Waals surface area contributed by atoms with Crippen LogP contribution in [-0.4, -0.2) is 7.11 Å². The van der Waals surface area contributed by atoms with Gasteiger partial charge in [-0.3, -0.25) is 5.84 Å². The Morgan fingerprint density at radius 1 is 0.944 bits per heavy atom. The number of benzene rings is 2. The number of anilines is 1. The molecule has 0 aliphatic carbocycles. The predicted molar refractivity (Wildman–Crippen MR) is 71.6 cm³/mol. The lowest BCUT2D eigenvalue weighted by Gasteiger charge is -2.07. The fraction of sp³-hybridized carbons (Fsp3) is 0.143. The van der Waals surface area contributed by atoms with Gasteiger partial charge in [-0.1, -0.05) is 12.1 Å². The van der Waals surface area contributed by atoms with E-state index in [1.165, 1.54) is 0 Å². The van der Waals surface area contributed by atoms with E-state index in [-0.39, 0.29) is 0 Å². The molecule has 4 heteroatoms. The second-order valence-electron chi connectivity index (χ2n) is 3.81. The van der Waals surface area contributed by atoms with E-state index in [2.05, 4.69) is 5.43 Å². The summed E-state index contributed by atoms with van der Waals surface area (Å²) in [4.78, 5) is 0. The minimum Gasteiger partial charge on any atom is -0.497 e. The van der Waals surface area contributed by atoms with Gasteiger partial charge in [0.2, 0.25) is 0 Å². The highest BCUT2D eigenvalue weighted by Crippen LogP contribution is 2.17. The van der Waals surface area contributed by atoms with Gasteiger partial charge in [0.1, 0.15) is 18.1 Å². The maximum atomic E-state index is 5.66. The van der Waals surface area contributed by atoms with Gasteiger partial charge in [0.15, 0.2) is 0 Å². The summed E-state index contributed by atoms with van der Waals surface area (Å²) in [6.07, 6.45) is 0. The van der Waals surface area contributed by atoms with E-state index in [0.29, 0.717) is 6.61 Å². The molecular weight excluding hydrogens is 228 g/mol. The standard InChI is InChI=1S/C14H16N2O2/c1-17-13-6-2-11(3-7-13)10-18-14-8-4-12(16-15)5-9-14/h2-9,16H,10,15H2,1H3. The topological polar surface area (TPSA) is 56.5 Å². The van der Waals surface area contributed by atoms with Crippen LogP contribution in [0.3, 0.4) is 0 Å². The van der Waals surface area contributed by atoms with Gasteiger partial charge >= 0.3 is 0 Å². The molecule has 0 aliphatic rings. The molecule has 0 spiro atoms. The Morgan fingerprint density at radius 2 is 1.56 bits per heavy atom. The van der Waals surface area contributed by atoms with E-state index < -0.39 is 0 Å².